The van der Waals surface area contributed by atoms with Crippen LogP contribution in [0.25, 0.3) is 0 Å². The number of nitrogens with one attached hydrogen (secondary N) is 1. The highest BCUT2D eigenvalue weighted by atomic mass is 16.5. The highest BCUT2D eigenvalue weighted by Gasteiger charge is 2.27. The van der Waals surface area contributed by atoms with Gasteiger partial charge in [0.2, 0.25) is 5.88 Å². The van der Waals surface area contributed by atoms with E-state index in [1.165, 1.54) is 12.8 Å². The Morgan fingerprint density at radius 1 is 1.30 bits per heavy atom. The lowest BCUT2D eigenvalue weighted by molar-refractivity contribution is 0.0221. The minimum atomic E-state index is -0.254. The Kier molecular flexibility index (Phi) is 5.05. The maximum Gasteiger partial charge on any atom is 0.272 e. The van der Waals surface area contributed by atoms with E-state index in [2.05, 4.69) is 16.5 Å². The third kappa shape index (κ3) is 4.12. The van der Waals surface area contributed by atoms with Gasteiger partial charge in [-0.3, -0.25) is 4.79 Å². The van der Waals surface area contributed by atoms with Crippen LogP contribution in [0.1, 0.15) is 40.9 Å². The van der Waals surface area contributed by atoms with Gasteiger partial charge >= 0.3 is 0 Å². The standard InChI is InChI=1S/C22H24N4O4/c23-10-15-3-4-20-16(7-15)8-17(12-29-20)24-22(27)19-9-21-26(25-19)6-5-18(30-21)13-28-11-14-1-2-14/h3-4,7,9,14,17-18H,1-2,5-6,8,11-13H2,(H,24,27)/t17-,18+/m1/s1. The number of fused-ring (bicyclic) bond motifs is 2. The van der Waals surface area contributed by atoms with Crippen LogP contribution in [0.4, 0.5) is 0 Å². The first-order valence-corrected chi connectivity index (χ1v) is 10.5. The fourth-order valence-electron chi connectivity index (χ4n) is 3.85. The highest BCUT2D eigenvalue weighted by molar-refractivity contribution is 5.92. The molecule has 2 aromatic rings. The van der Waals surface area contributed by atoms with Gasteiger partial charge in [-0.15, -0.1) is 0 Å². The SMILES string of the molecule is N#Cc1ccc2c(c1)C[C@@H](NC(=O)c1cc3n(n1)CC[C@@H](COCC1CC1)O3)CO2. The Bertz CT molecular complexity index is 992. The third-order valence-corrected chi connectivity index (χ3v) is 5.71. The van der Waals surface area contributed by atoms with Crippen LogP contribution in [-0.2, 0) is 17.7 Å². The van der Waals surface area contributed by atoms with Crippen molar-refractivity contribution in [1.82, 2.24) is 15.1 Å². The number of rotatable bonds is 6. The monoisotopic (exact) mass is 408 g/mol. The lowest BCUT2D eigenvalue weighted by Gasteiger charge is -2.25. The van der Waals surface area contributed by atoms with Crippen LogP contribution in [0, 0.1) is 17.2 Å². The molecule has 2 atom stereocenters. The molecule has 156 valence electrons. The van der Waals surface area contributed by atoms with Crippen molar-refractivity contribution in [2.75, 3.05) is 19.8 Å². The average Bonchev–Trinajstić information content (AvgIpc) is 3.49. The molecule has 0 saturated heterocycles. The van der Waals surface area contributed by atoms with Gasteiger partial charge in [0.25, 0.3) is 5.91 Å². The molecular weight excluding hydrogens is 384 g/mol. The molecule has 0 spiro atoms. The van der Waals surface area contributed by atoms with E-state index >= 15 is 0 Å². The van der Waals surface area contributed by atoms with Gasteiger partial charge in [-0.2, -0.15) is 10.4 Å². The second-order valence-corrected chi connectivity index (χ2v) is 8.22. The minimum Gasteiger partial charge on any atom is -0.491 e. The third-order valence-electron chi connectivity index (χ3n) is 5.71. The van der Waals surface area contributed by atoms with Crippen molar-refractivity contribution >= 4 is 5.91 Å². The van der Waals surface area contributed by atoms with Gasteiger partial charge in [0.05, 0.1) is 24.3 Å². The summed E-state index contributed by atoms with van der Waals surface area (Å²) in [6, 6.07) is 8.99. The molecule has 30 heavy (non-hydrogen) atoms. The van der Waals surface area contributed by atoms with Crippen LogP contribution >= 0.6 is 0 Å². The molecule has 1 aliphatic carbocycles. The van der Waals surface area contributed by atoms with Crippen LogP contribution in [0.5, 0.6) is 11.6 Å². The topological polar surface area (TPSA) is 98.4 Å². The maximum atomic E-state index is 12.7. The van der Waals surface area contributed by atoms with E-state index in [1.807, 2.05) is 6.07 Å². The Balaban J connectivity index is 1.18. The second-order valence-electron chi connectivity index (χ2n) is 8.22. The van der Waals surface area contributed by atoms with Crippen LogP contribution in [0.3, 0.4) is 0 Å². The first-order valence-electron chi connectivity index (χ1n) is 10.5. The largest absolute Gasteiger partial charge is 0.491 e. The molecule has 0 bridgehead atoms. The highest BCUT2D eigenvalue weighted by Crippen LogP contribution is 2.29. The molecule has 8 heteroatoms. The molecule has 5 rings (SSSR count). The zero-order valence-electron chi connectivity index (χ0n) is 16.7. The van der Waals surface area contributed by atoms with E-state index in [1.54, 1.807) is 22.9 Å². The van der Waals surface area contributed by atoms with E-state index in [4.69, 9.17) is 19.5 Å². The van der Waals surface area contributed by atoms with Gasteiger partial charge in [0.15, 0.2) is 5.69 Å². The van der Waals surface area contributed by atoms with E-state index in [9.17, 15) is 4.79 Å². The summed E-state index contributed by atoms with van der Waals surface area (Å²) in [4.78, 5) is 12.7. The summed E-state index contributed by atoms with van der Waals surface area (Å²) in [6.07, 6.45) is 3.97. The molecule has 1 N–H and O–H groups in total. The number of ether oxygens (including phenoxy) is 3. The Hall–Kier alpha value is -3.05. The van der Waals surface area contributed by atoms with Crippen molar-refractivity contribution in [1.29, 1.82) is 5.26 Å². The average molecular weight is 408 g/mol. The van der Waals surface area contributed by atoms with Gasteiger partial charge in [-0.25, -0.2) is 4.68 Å². The number of benzene rings is 1. The van der Waals surface area contributed by atoms with E-state index < -0.39 is 0 Å². The first kappa shape index (κ1) is 18.9. The maximum absolute atomic E-state index is 12.7. The first-order chi connectivity index (χ1) is 14.7. The zero-order chi connectivity index (χ0) is 20.5. The Morgan fingerprint density at radius 3 is 3.03 bits per heavy atom. The van der Waals surface area contributed by atoms with Crippen LogP contribution < -0.4 is 14.8 Å². The summed E-state index contributed by atoms with van der Waals surface area (Å²) in [5.74, 6) is 1.85. The number of carbonyl (C=O) groups excluding carboxylic acids is 1. The molecule has 1 amide bonds. The summed E-state index contributed by atoms with van der Waals surface area (Å²) >= 11 is 0. The van der Waals surface area contributed by atoms with Crippen molar-refractivity contribution in [3.05, 3.63) is 41.1 Å². The van der Waals surface area contributed by atoms with Crippen molar-refractivity contribution in [2.24, 2.45) is 5.92 Å². The Labute approximate surface area is 174 Å². The van der Waals surface area contributed by atoms with E-state index in [0.717, 1.165) is 30.3 Å². The summed E-state index contributed by atoms with van der Waals surface area (Å²) in [5, 5.41) is 16.5. The number of carbonyl (C=O) groups is 1. The molecule has 2 aliphatic heterocycles. The van der Waals surface area contributed by atoms with Crippen molar-refractivity contribution in [3.8, 4) is 17.7 Å². The molecule has 3 heterocycles. The van der Waals surface area contributed by atoms with Gasteiger partial charge < -0.3 is 19.5 Å². The minimum absolute atomic E-state index is 0.00133. The molecule has 0 radical (unpaired) electrons. The molecule has 1 aromatic carbocycles. The molecular formula is C22H24N4O4. The lowest BCUT2D eigenvalue weighted by atomic mass is 10.0. The lowest BCUT2D eigenvalue weighted by Crippen LogP contribution is -2.42. The fraction of sp³-hybridized carbons (Fsp3) is 0.500. The zero-order valence-corrected chi connectivity index (χ0v) is 16.7. The molecule has 1 fully saturated rings. The predicted octanol–water partition coefficient (Wildman–Crippen LogP) is 2.07. The smallest absolute Gasteiger partial charge is 0.272 e. The second kappa shape index (κ2) is 8.00. The van der Waals surface area contributed by atoms with Crippen LogP contribution in [-0.4, -0.2) is 47.7 Å². The molecule has 3 aliphatic rings. The molecule has 0 unspecified atom stereocenters. The van der Waals surface area contributed by atoms with Crippen LogP contribution in [0.15, 0.2) is 24.3 Å². The molecule has 1 aromatic heterocycles. The van der Waals surface area contributed by atoms with Crippen molar-refractivity contribution < 1.29 is 19.0 Å². The summed E-state index contributed by atoms with van der Waals surface area (Å²) < 4.78 is 19.2. The normalized spacial score (nSPS) is 22.1. The van der Waals surface area contributed by atoms with E-state index in [-0.39, 0.29) is 18.1 Å². The number of nitrogens with zero attached hydrogens (tertiary/aromatic N) is 3. The Morgan fingerprint density at radius 2 is 2.20 bits per heavy atom. The van der Waals surface area contributed by atoms with Crippen molar-refractivity contribution in [3.63, 3.8) is 0 Å². The number of hydrogen-bond acceptors (Lipinski definition) is 6. The number of hydrogen-bond donors (Lipinski definition) is 1. The molecule has 8 nitrogen and oxygen atoms in total. The predicted molar refractivity (Wildman–Crippen MR) is 106 cm³/mol. The van der Waals surface area contributed by atoms with E-state index in [0.29, 0.717) is 43.3 Å². The quantitative estimate of drug-likeness (QED) is 0.786. The van der Waals surface area contributed by atoms with Gasteiger partial charge in [0.1, 0.15) is 18.5 Å². The number of aryl methyl sites for hydroxylation is 1. The number of amides is 1. The van der Waals surface area contributed by atoms with Crippen molar-refractivity contribution in [2.45, 2.75) is 44.4 Å². The molecule has 1 saturated carbocycles. The summed E-state index contributed by atoms with van der Waals surface area (Å²) in [6.45, 7) is 2.48. The van der Waals surface area contributed by atoms with Gasteiger partial charge in [-0.05, 0) is 48.9 Å². The van der Waals surface area contributed by atoms with Gasteiger partial charge in [-0.1, -0.05) is 0 Å². The fourth-order valence-corrected chi connectivity index (χ4v) is 3.85. The van der Waals surface area contributed by atoms with Gasteiger partial charge in [0, 0.05) is 25.6 Å². The van der Waals surface area contributed by atoms with Crippen LogP contribution in [0.2, 0.25) is 0 Å². The summed E-state index contributed by atoms with van der Waals surface area (Å²) in [7, 11) is 0. The number of nitriles is 1. The number of aromatic nitrogens is 2. The summed E-state index contributed by atoms with van der Waals surface area (Å²) in [5.41, 5.74) is 1.84.